The van der Waals surface area contributed by atoms with Gasteiger partial charge in [-0.15, -0.1) is 0 Å². The van der Waals surface area contributed by atoms with E-state index >= 15 is 0 Å². The highest BCUT2D eigenvalue weighted by molar-refractivity contribution is 7.48. The van der Waals surface area contributed by atoms with Crippen molar-refractivity contribution in [2.45, 2.75) is 51.7 Å². The van der Waals surface area contributed by atoms with Gasteiger partial charge in [-0.3, -0.25) is 0 Å². The van der Waals surface area contributed by atoms with Crippen molar-refractivity contribution in [3.8, 4) is 0 Å². The van der Waals surface area contributed by atoms with Gasteiger partial charge in [-0.2, -0.15) is 0 Å². The van der Waals surface area contributed by atoms with Gasteiger partial charge in [0.1, 0.15) is 0 Å². The molecule has 0 amide bonds. The fourth-order valence-corrected chi connectivity index (χ4v) is 5.57. The molecule has 0 heterocycles. The minimum absolute atomic E-state index is 0.122. The molecule has 4 nitrogen and oxygen atoms in total. The van der Waals surface area contributed by atoms with Gasteiger partial charge in [0.15, 0.2) is 0 Å². The average Bonchev–Trinajstić information content (AvgIpc) is 1.79. The molecule has 0 spiro atoms. The Morgan fingerprint density at radius 1 is 1.36 bits per heavy atom. The molecule has 0 atom stereocenters. The lowest BCUT2D eigenvalue weighted by atomic mass is 10.1. The Balaban J connectivity index is 4.68. The van der Waals surface area contributed by atoms with Crippen molar-refractivity contribution in [1.82, 2.24) is 0 Å². The lowest BCUT2D eigenvalue weighted by molar-refractivity contribution is 0.271. The third kappa shape index (κ3) is 4.23. The van der Waals surface area contributed by atoms with E-state index < -0.39 is 16.1 Å². The van der Waals surface area contributed by atoms with Crippen LogP contribution in [-0.2, 0) is 8.78 Å². The van der Waals surface area contributed by atoms with Crippen molar-refractivity contribution in [1.29, 1.82) is 0 Å². The van der Waals surface area contributed by atoms with Crippen LogP contribution < -0.4 is 0 Å². The summed E-state index contributed by atoms with van der Waals surface area (Å²) in [4.78, 5) is 17.6. The SMILES string of the molecule is CCCC(C)(C)[Si](C)(C)OP(=O)(O)O. The minimum Gasteiger partial charge on any atom is -0.329 e. The Kier molecular flexibility index (Phi) is 4.56. The first-order valence-corrected chi connectivity index (χ1v) is 9.22. The van der Waals surface area contributed by atoms with Crippen LogP contribution in [0.3, 0.4) is 0 Å². The van der Waals surface area contributed by atoms with Gasteiger partial charge in [0, 0.05) is 0 Å². The van der Waals surface area contributed by atoms with E-state index in [0.717, 1.165) is 12.8 Å². The zero-order valence-corrected chi connectivity index (χ0v) is 11.5. The highest BCUT2D eigenvalue weighted by Crippen LogP contribution is 2.50. The predicted molar refractivity (Wildman–Crippen MR) is 59.6 cm³/mol. The lowest BCUT2D eigenvalue weighted by Gasteiger charge is -2.38. The van der Waals surface area contributed by atoms with Gasteiger partial charge in [0.05, 0.1) is 0 Å². The fourth-order valence-electron chi connectivity index (χ4n) is 1.35. The molecule has 0 aromatic heterocycles. The van der Waals surface area contributed by atoms with Crippen LogP contribution in [0, 0.1) is 0 Å². The van der Waals surface area contributed by atoms with E-state index in [9.17, 15) is 4.57 Å². The van der Waals surface area contributed by atoms with Gasteiger partial charge in [0.25, 0.3) is 0 Å². The molecular formula is C8H21O4PSi. The second kappa shape index (κ2) is 4.45. The van der Waals surface area contributed by atoms with Crippen LogP contribution in [0.2, 0.25) is 18.1 Å². The van der Waals surface area contributed by atoms with Crippen molar-refractivity contribution < 1.29 is 18.6 Å². The molecule has 0 aliphatic heterocycles. The number of hydrogen-bond acceptors (Lipinski definition) is 2. The maximum atomic E-state index is 10.8. The zero-order chi connectivity index (χ0) is 11.6. The maximum Gasteiger partial charge on any atom is 0.459 e. The van der Waals surface area contributed by atoms with Gasteiger partial charge in [-0.1, -0.05) is 27.2 Å². The molecule has 2 N–H and O–H groups in total. The molecular weight excluding hydrogens is 219 g/mol. The van der Waals surface area contributed by atoms with Crippen LogP contribution in [0.15, 0.2) is 0 Å². The van der Waals surface area contributed by atoms with Crippen LogP contribution in [0.1, 0.15) is 33.6 Å². The third-order valence-corrected chi connectivity index (χ3v) is 9.14. The summed E-state index contributed by atoms with van der Waals surface area (Å²) in [5.41, 5.74) is 0. The number of phosphoric acid groups is 1. The molecule has 0 saturated heterocycles. The molecule has 0 fully saturated rings. The summed E-state index contributed by atoms with van der Waals surface area (Å²) >= 11 is 0. The molecule has 6 heteroatoms. The molecule has 0 bridgehead atoms. The summed E-state index contributed by atoms with van der Waals surface area (Å²) in [5.74, 6) is 0. The van der Waals surface area contributed by atoms with Crippen molar-refractivity contribution >= 4 is 16.1 Å². The van der Waals surface area contributed by atoms with E-state index in [2.05, 4.69) is 6.92 Å². The van der Waals surface area contributed by atoms with Crippen LogP contribution in [0.4, 0.5) is 0 Å². The Hall–Kier alpha value is 0.327. The van der Waals surface area contributed by atoms with Crippen LogP contribution in [0.25, 0.3) is 0 Å². The summed E-state index contributed by atoms with van der Waals surface area (Å²) in [6.45, 7) is 9.78. The Morgan fingerprint density at radius 3 is 2.07 bits per heavy atom. The molecule has 0 rings (SSSR count). The standard InChI is InChI=1S/C8H21O4PSi/c1-6-7-8(2,3)14(4,5)12-13(9,10)11/h6-7H2,1-5H3,(H2,9,10,11). The first kappa shape index (κ1) is 14.3. The Labute approximate surface area is 87.0 Å². The average molecular weight is 240 g/mol. The number of hydrogen-bond donors (Lipinski definition) is 2. The molecule has 86 valence electrons. The van der Waals surface area contributed by atoms with Gasteiger partial charge in [-0.05, 0) is 24.6 Å². The van der Waals surface area contributed by atoms with E-state index in [4.69, 9.17) is 14.0 Å². The van der Waals surface area contributed by atoms with Crippen LogP contribution in [0.5, 0.6) is 0 Å². The van der Waals surface area contributed by atoms with Gasteiger partial charge >= 0.3 is 7.82 Å². The molecule has 14 heavy (non-hydrogen) atoms. The van der Waals surface area contributed by atoms with Crippen molar-refractivity contribution in [2.24, 2.45) is 0 Å². The normalized spacial score (nSPS) is 14.5. The summed E-state index contributed by atoms with van der Waals surface area (Å²) in [5, 5.41) is -0.122. The largest absolute Gasteiger partial charge is 0.459 e. The van der Waals surface area contributed by atoms with Crippen molar-refractivity contribution in [3.05, 3.63) is 0 Å². The quantitative estimate of drug-likeness (QED) is 0.572. The highest BCUT2D eigenvalue weighted by Gasteiger charge is 2.44. The second-order valence-corrected chi connectivity index (χ2v) is 10.8. The predicted octanol–water partition coefficient (Wildman–Crippen LogP) is 2.88. The Bertz CT molecular complexity index is 233. The topological polar surface area (TPSA) is 66.8 Å². The zero-order valence-electron chi connectivity index (χ0n) is 9.57. The van der Waals surface area contributed by atoms with E-state index in [1.165, 1.54) is 0 Å². The fraction of sp³-hybridized carbons (Fsp3) is 1.00. The van der Waals surface area contributed by atoms with Gasteiger partial charge in [-0.25, -0.2) is 4.57 Å². The van der Waals surface area contributed by atoms with Crippen LogP contribution in [-0.4, -0.2) is 18.1 Å². The monoisotopic (exact) mass is 240 g/mol. The third-order valence-electron chi connectivity index (χ3n) is 2.85. The molecule has 0 aliphatic rings. The molecule has 0 aromatic rings. The van der Waals surface area contributed by atoms with E-state index in [1.807, 2.05) is 26.9 Å². The molecule has 0 unspecified atom stereocenters. The van der Waals surface area contributed by atoms with Crippen molar-refractivity contribution in [3.63, 3.8) is 0 Å². The molecule has 0 aliphatic carbocycles. The summed E-state index contributed by atoms with van der Waals surface area (Å²) in [7, 11) is -6.70. The van der Waals surface area contributed by atoms with Gasteiger partial charge < -0.3 is 14.0 Å². The van der Waals surface area contributed by atoms with E-state index in [0.29, 0.717) is 0 Å². The minimum atomic E-state index is -4.35. The number of rotatable bonds is 5. The van der Waals surface area contributed by atoms with Crippen molar-refractivity contribution in [2.75, 3.05) is 0 Å². The van der Waals surface area contributed by atoms with E-state index in [1.54, 1.807) is 0 Å². The molecule has 0 aromatic carbocycles. The highest BCUT2D eigenvalue weighted by atomic mass is 31.2. The molecule has 0 radical (unpaired) electrons. The van der Waals surface area contributed by atoms with Crippen LogP contribution >= 0.6 is 7.82 Å². The van der Waals surface area contributed by atoms with E-state index in [-0.39, 0.29) is 5.04 Å². The lowest BCUT2D eigenvalue weighted by Crippen LogP contribution is -2.41. The first-order valence-electron chi connectivity index (χ1n) is 4.78. The maximum absolute atomic E-state index is 10.8. The summed E-state index contributed by atoms with van der Waals surface area (Å²) < 4.78 is 15.8. The first-order chi connectivity index (χ1) is 6.02. The molecule has 0 saturated carbocycles. The smallest absolute Gasteiger partial charge is 0.329 e. The Morgan fingerprint density at radius 2 is 1.79 bits per heavy atom. The van der Waals surface area contributed by atoms with Gasteiger partial charge in [0.2, 0.25) is 8.32 Å². The summed E-state index contributed by atoms with van der Waals surface area (Å²) in [6.07, 6.45) is 1.92. The second-order valence-electron chi connectivity index (χ2n) is 4.73. The summed E-state index contributed by atoms with van der Waals surface area (Å²) in [6, 6.07) is 0.